The molecule has 0 spiro atoms. The Morgan fingerprint density at radius 2 is 1.86 bits per heavy atom. The fourth-order valence-corrected chi connectivity index (χ4v) is 3.31. The Morgan fingerprint density at radius 3 is 2.46 bits per heavy atom. The lowest BCUT2D eigenvalue weighted by molar-refractivity contribution is -0.274. The average molecular weight is 388 g/mol. The number of benzene rings is 1. The van der Waals surface area contributed by atoms with Crippen LogP contribution in [0.5, 0.6) is 5.75 Å². The van der Waals surface area contributed by atoms with Gasteiger partial charge in [0.05, 0.1) is 24.1 Å². The standard InChI is InChI=1S/C19H15F3N4O2/c1-25-10-23-16-17(25)14(12-8-24-26(2)9-12)7-15(18(16)27)11-3-5-13(6-4-11)28-19(20,21)22/h3-10,15H,1-2H3. The second kappa shape index (κ2) is 6.36. The lowest BCUT2D eigenvalue weighted by atomic mass is 9.83. The summed E-state index contributed by atoms with van der Waals surface area (Å²) in [5, 5.41) is 4.18. The van der Waals surface area contributed by atoms with Crippen LogP contribution in [0.1, 0.15) is 33.2 Å². The van der Waals surface area contributed by atoms with E-state index in [4.69, 9.17) is 0 Å². The zero-order chi connectivity index (χ0) is 20.1. The van der Waals surface area contributed by atoms with Gasteiger partial charge in [0, 0.05) is 31.4 Å². The van der Waals surface area contributed by atoms with Crippen LogP contribution in [0.2, 0.25) is 0 Å². The van der Waals surface area contributed by atoms with Gasteiger partial charge in [0.25, 0.3) is 0 Å². The maximum Gasteiger partial charge on any atom is 0.573 e. The molecule has 1 aliphatic rings. The van der Waals surface area contributed by atoms with Gasteiger partial charge in [-0.3, -0.25) is 9.48 Å². The number of imidazole rings is 1. The molecule has 0 N–H and O–H groups in total. The molecule has 1 unspecified atom stereocenters. The van der Waals surface area contributed by atoms with Crippen molar-refractivity contribution >= 4 is 11.4 Å². The number of rotatable bonds is 3. The van der Waals surface area contributed by atoms with E-state index in [-0.39, 0.29) is 11.5 Å². The second-order valence-electron chi connectivity index (χ2n) is 6.49. The van der Waals surface area contributed by atoms with Gasteiger partial charge in [-0.2, -0.15) is 5.10 Å². The number of carbonyl (C=O) groups excluding carboxylic acids is 1. The number of hydrogen-bond donors (Lipinski definition) is 0. The third-order valence-corrected chi connectivity index (χ3v) is 4.53. The number of ether oxygens (including phenoxy) is 1. The number of Topliss-reactive ketones (excluding diaryl/α,β-unsaturated/α-hetero) is 1. The van der Waals surface area contributed by atoms with E-state index < -0.39 is 12.3 Å². The molecule has 3 aromatic rings. The normalized spacial score (nSPS) is 16.7. The minimum absolute atomic E-state index is 0.215. The van der Waals surface area contributed by atoms with E-state index in [0.29, 0.717) is 17.0 Å². The maximum absolute atomic E-state index is 13.0. The summed E-state index contributed by atoms with van der Waals surface area (Å²) in [6.07, 6.45) is 2.11. The largest absolute Gasteiger partial charge is 0.573 e. The lowest BCUT2D eigenvalue weighted by Crippen LogP contribution is -2.20. The Bertz CT molecular complexity index is 1080. The third-order valence-electron chi connectivity index (χ3n) is 4.53. The first-order chi connectivity index (χ1) is 13.2. The van der Waals surface area contributed by atoms with Crippen LogP contribution in [-0.4, -0.2) is 31.5 Å². The Balaban J connectivity index is 1.76. The zero-order valence-corrected chi connectivity index (χ0v) is 14.9. The van der Waals surface area contributed by atoms with Crippen molar-refractivity contribution in [3.63, 3.8) is 0 Å². The number of aromatic nitrogens is 4. The van der Waals surface area contributed by atoms with Gasteiger partial charge in [0.15, 0.2) is 5.78 Å². The molecule has 2 heterocycles. The molecule has 2 aromatic heterocycles. The highest BCUT2D eigenvalue weighted by atomic mass is 19.4. The number of ketones is 1. The van der Waals surface area contributed by atoms with E-state index in [1.807, 2.05) is 6.20 Å². The first kappa shape index (κ1) is 18.0. The van der Waals surface area contributed by atoms with Gasteiger partial charge in [-0.25, -0.2) is 4.98 Å². The van der Waals surface area contributed by atoms with E-state index in [9.17, 15) is 18.0 Å². The van der Waals surface area contributed by atoms with Crippen LogP contribution in [0, 0.1) is 0 Å². The van der Waals surface area contributed by atoms with Crippen molar-refractivity contribution in [2.75, 3.05) is 0 Å². The Kier molecular flexibility index (Phi) is 4.10. The molecule has 9 heteroatoms. The van der Waals surface area contributed by atoms with E-state index >= 15 is 0 Å². The number of allylic oxidation sites excluding steroid dienone is 1. The number of carbonyl (C=O) groups is 1. The molecular weight excluding hydrogens is 373 g/mol. The van der Waals surface area contributed by atoms with Gasteiger partial charge in [0.1, 0.15) is 11.4 Å². The number of hydrogen-bond acceptors (Lipinski definition) is 4. The van der Waals surface area contributed by atoms with Crippen LogP contribution in [-0.2, 0) is 14.1 Å². The summed E-state index contributed by atoms with van der Waals surface area (Å²) in [5.41, 5.74) is 3.18. The van der Waals surface area contributed by atoms with Gasteiger partial charge >= 0.3 is 6.36 Å². The van der Waals surface area contributed by atoms with Crippen molar-refractivity contribution < 1.29 is 22.7 Å². The molecule has 4 rings (SSSR count). The predicted molar refractivity (Wildman–Crippen MR) is 93.7 cm³/mol. The van der Waals surface area contributed by atoms with Gasteiger partial charge in [0.2, 0.25) is 0 Å². The summed E-state index contributed by atoms with van der Waals surface area (Å²) in [4.78, 5) is 17.2. The minimum Gasteiger partial charge on any atom is -0.406 e. The van der Waals surface area contributed by atoms with Gasteiger partial charge < -0.3 is 9.30 Å². The summed E-state index contributed by atoms with van der Waals surface area (Å²) in [6.45, 7) is 0. The predicted octanol–water partition coefficient (Wildman–Crippen LogP) is 3.46. The Labute approximate surface area is 157 Å². The van der Waals surface area contributed by atoms with Crippen molar-refractivity contribution in [3.05, 3.63) is 71.6 Å². The molecule has 0 fully saturated rings. The van der Waals surface area contributed by atoms with E-state index in [1.165, 1.54) is 24.3 Å². The first-order valence-corrected chi connectivity index (χ1v) is 8.35. The number of nitrogens with zero attached hydrogens (tertiary/aromatic N) is 4. The quantitative estimate of drug-likeness (QED) is 0.689. The minimum atomic E-state index is -4.77. The summed E-state index contributed by atoms with van der Waals surface area (Å²) in [7, 11) is 3.59. The lowest BCUT2D eigenvalue weighted by Gasteiger charge is -2.21. The van der Waals surface area contributed by atoms with Crippen molar-refractivity contribution in [2.24, 2.45) is 14.1 Å². The fourth-order valence-electron chi connectivity index (χ4n) is 3.31. The first-order valence-electron chi connectivity index (χ1n) is 8.35. The molecule has 1 aliphatic carbocycles. The summed E-state index contributed by atoms with van der Waals surface area (Å²) in [5.74, 6) is -1.22. The van der Waals surface area contributed by atoms with Crippen LogP contribution >= 0.6 is 0 Å². The van der Waals surface area contributed by atoms with Crippen molar-refractivity contribution in [3.8, 4) is 5.75 Å². The summed E-state index contributed by atoms with van der Waals surface area (Å²) >= 11 is 0. The molecule has 144 valence electrons. The molecular formula is C19H15F3N4O2. The number of aryl methyl sites for hydroxylation is 2. The van der Waals surface area contributed by atoms with Gasteiger partial charge in [-0.1, -0.05) is 18.2 Å². The molecule has 0 bridgehead atoms. The van der Waals surface area contributed by atoms with Gasteiger partial charge in [-0.05, 0) is 17.7 Å². The van der Waals surface area contributed by atoms with Crippen molar-refractivity contribution in [1.29, 1.82) is 0 Å². The highest BCUT2D eigenvalue weighted by Crippen LogP contribution is 2.37. The molecule has 0 aliphatic heterocycles. The van der Waals surface area contributed by atoms with E-state index in [1.54, 1.807) is 41.9 Å². The molecule has 0 radical (unpaired) electrons. The molecule has 1 atom stereocenters. The topological polar surface area (TPSA) is 61.9 Å². The van der Waals surface area contributed by atoms with Crippen LogP contribution in [0.3, 0.4) is 0 Å². The number of alkyl halides is 3. The summed E-state index contributed by atoms with van der Waals surface area (Å²) < 4.78 is 44.4. The molecule has 28 heavy (non-hydrogen) atoms. The van der Waals surface area contributed by atoms with Crippen LogP contribution < -0.4 is 4.74 Å². The second-order valence-corrected chi connectivity index (χ2v) is 6.49. The Morgan fingerprint density at radius 1 is 1.14 bits per heavy atom. The smallest absolute Gasteiger partial charge is 0.406 e. The fraction of sp³-hybridized carbons (Fsp3) is 0.211. The molecule has 6 nitrogen and oxygen atoms in total. The summed E-state index contributed by atoms with van der Waals surface area (Å²) in [6, 6.07) is 5.30. The Hall–Kier alpha value is -3.36. The highest BCUT2D eigenvalue weighted by molar-refractivity contribution is 6.09. The maximum atomic E-state index is 13.0. The molecule has 0 saturated carbocycles. The van der Waals surface area contributed by atoms with Gasteiger partial charge in [-0.15, -0.1) is 13.2 Å². The van der Waals surface area contributed by atoms with Crippen LogP contribution in [0.4, 0.5) is 13.2 Å². The number of fused-ring (bicyclic) bond motifs is 1. The number of halogens is 3. The van der Waals surface area contributed by atoms with Crippen molar-refractivity contribution in [2.45, 2.75) is 12.3 Å². The van der Waals surface area contributed by atoms with E-state index in [2.05, 4.69) is 14.8 Å². The monoisotopic (exact) mass is 388 g/mol. The molecule has 0 amide bonds. The van der Waals surface area contributed by atoms with Crippen LogP contribution in [0.15, 0.2) is 49.1 Å². The zero-order valence-electron chi connectivity index (χ0n) is 14.9. The molecule has 0 saturated heterocycles. The molecule has 1 aromatic carbocycles. The van der Waals surface area contributed by atoms with Crippen molar-refractivity contribution in [1.82, 2.24) is 19.3 Å². The SMILES string of the molecule is Cn1cc(C2=CC(c3ccc(OC(F)(F)F)cc3)C(=O)c3ncn(C)c32)cn1. The van der Waals surface area contributed by atoms with E-state index in [0.717, 1.165) is 11.1 Å². The highest BCUT2D eigenvalue weighted by Gasteiger charge is 2.34. The third kappa shape index (κ3) is 3.19. The van der Waals surface area contributed by atoms with Crippen LogP contribution in [0.25, 0.3) is 5.57 Å². The average Bonchev–Trinajstić information content (AvgIpc) is 3.22.